The molecule has 0 bridgehead atoms. The summed E-state index contributed by atoms with van der Waals surface area (Å²) in [4.78, 5) is 40.0. The van der Waals surface area contributed by atoms with Gasteiger partial charge in [-0.15, -0.1) is 11.8 Å². The number of carboxylic acids is 1. The number of carbonyl (C=O) groups excluding carboxylic acids is 2. The minimum atomic E-state index is -0.892. The van der Waals surface area contributed by atoms with Gasteiger partial charge in [-0.1, -0.05) is 12.8 Å². The zero-order valence-electron chi connectivity index (χ0n) is 14.7. The van der Waals surface area contributed by atoms with E-state index in [-0.39, 0.29) is 23.6 Å². The van der Waals surface area contributed by atoms with Crippen LogP contribution in [-0.4, -0.2) is 69.4 Å². The molecule has 25 heavy (non-hydrogen) atoms. The summed E-state index contributed by atoms with van der Waals surface area (Å²) in [6.07, 6.45) is 8.04. The van der Waals surface area contributed by atoms with Crippen molar-refractivity contribution in [1.82, 2.24) is 9.80 Å². The van der Waals surface area contributed by atoms with Gasteiger partial charge in [0.25, 0.3) is 0 Å². The summed E-state index contributed by atoms with van der Waals surface area (Å²) >= 11 is 1.33. The monoisotopic (exact) mass is 368 g/mol. The predicted octanol–water partition coefficient (Wildman–Crippen LogP) is 1.98. The maximum absolute atomic E-state index is 12.7. The molecule has 6 nitrogen and oxygen atoms in total. The van der Waals surface area contributed by atoms with E-state index >= 15 is 0 Å². The van der Waals surface area contributed by atoms with Crippen molar-refractivity contribution < 1.29 is 19.5 Å². The van der Waals surface area contributed by atoms with Crippen molar-refractivity contribution in [3.63, 3.8) is 0 Å². The van der Waals surface area contributed by atoms with Crippen LogP contribution in [0.5, 0.6) is 0 Å². The van der Waals surface area contributed by atoms with Crippen LogP contribution in [0.25, 0.3) is 0 Å². The Bertz CT molecular complexity index is 521. The first-order valence-electron chi connectivity index (χ1n) is 9.47. The van der Waals surface area contributed by atoms with Gasteiger partial charge in [0, 0.05) is 19.1 Å². The Kier molecular flexibility index (Phi) is 6.25. The van der Waals surface area contributed by atoms with E-state index < -0.39 is 12.0 Å². The first-order chi connectivity index (χ1) is 12.1. The summed E-state index contributed by atoms with van der Waals surface area (Å²) in [6.45, 7) is 1.65. The van der Waals surface area contributed by atoms with Crippen LogP contribution >= 0.6 is 11.8 Å². The first kappa shape index (κ1) is 18.5. The number of nitrogens with zero attached hydrogens (tertiary/aromatic N) is 2. The SMILES string of the molecule is O=C(O)C1CC2CCCCC2N1C(=O)CSCC(=O)N1CCCCC1. The van der Waals surface area contributed by atoms with Gasteiger partial charge in [-0.2, -0.15) is 0 Å². The van der Waals surface area contributed by atoms with Crippen LogP contribution < -0.4 is 0 Å². The highest BCUT2D eigenvalue weighted by Gasteiger charge is 2.47. The summed E-state index contributed by atoms with van der Waals surface area (Å²) in [5, 5.41) is 9.50. The first-order valence-corrected chi connectivity index (χ1v) is 10.6. The van der Waals surface area contributed by atoms with E-state index in [2.05, 4.69) is 0 Å². The fourth-order valence-corrected chi connectivity index (χ4v) is 5.36. The van der Waals surface area contributed by atoms with Gasteiger partial charge in [0.15, 0.2) is 0 Å². The van der Waals surface area contributed by atoms with E-state index in [4.69, 9.17) is 0 Å². The number of amides is 2. The Hall–Kier alpha value is -1.24. The molecule has 3 fully saturated rings. The molecule has 2 amide bonds. The zero-order valence-corrected chi connectivity index (χ0v) is 15.5. The van der Waals surface area contributed by atoms with E-state index in [9.17, 15) is 19.5 Å². The molecule has 1 aliphatic carbocycles. The standard InChI is InChI=1S/C18H28N2O4S/c21-16(19-8-4-1-5-9-19)11-25-12-17(22)20-14-7-3-2-6-13(14)10-15(20)18(23)24/h13-15H,1-12H2,(H,23,24). The lowest BCUT2D eigenvalue weighted by atomic mass is 9.85. The lowest BCUT2D eigenvalue weighted by Crippen LogP contribution is -2.47. The summed E-state index contributed by atoms with van der Waals surface area (Å²) in [7, 11) is 0. The summed E-state index contributed by atoms with van der Waals surface area (Å²) < 4.78 is 0. The van der Waals surface area contributed by atoms with Gasteiger partial charge in [-0.3, -0.25) is 9.59 Å². The summed E-state index contributed by atoms with van der Waals surface area (Å²) in [5.41, 5.74) is 0. The number of rotatable bonds is 5. The van der Waals surface area contributed by atoms with Gasteiger partial charge >= 0.3 is 5.97 Å². The second kappa shape index (κ2) is 8.43. The fourth-order valence-electron chi connectivity index (χ4n) is 4.57. The van der Waals surface area contributed by atoms with Gasteiger partial charge < -0.3 is 14.9 Å². The van der Waals surface area contributed by atoms with Gasteiger partial charge in [-0.25, -0.2) is 4.79 Å². The minimum absolute atomic E-state index is 0.0840. The number of carboxylic acid groups (broad SMARTS) is 1. The van der Waals surface area contributed by atoms with Crippen molar-refractivity contribution in [3.8, 4) is 0 Å². The molecule has 1 saturated carbocycles. The maximum atomic E-state index is 12.7. The zero-order chi connectivity index (χ0) is 17.8. The van der Waals surface area contributed by atoms with Crippen molar-refractivity contribution in [1.29, 1.82) is 0 Å². The Morgan fingerprint density at radius 1 is 0.920 bits per heavy atom. The van der Waals surface area contributed by atoms with Crippen molar-refractivity contribution >= 4 is 29.5 Å². The lowest BCUT2D eigenvalue weighted by Gasteiger charge is -2.33. The molecule has 3 rings (SSSR count). The predicted molar refractivity (Wildman–Crippen MR) is 96.4 cm³/mol. The van der Waals surface area contributed by atoms with Gasteiger partial charge in [-0.05, 0) is 44.4 Å². The molecule has 3 aliphatic rings. The van der Waals surface area contributed by atoms with Crippen molar-refractivity contribution in [2.75, 3.05) is 24.6 Å². The Morgan fingerprint density at radius 3 is 2.32 bits per heavy atom. The van der Waals surface area contributed by atoms with Crippen LogP contribution in [0.3, 0.4) is 0 Å². The summed E-state index contributed by atoms with van der Waals surface area (Å²) in [5.74, 6) is -0.0590. The summed E-state index contributed by atoms with van der Waals surface area (Å²) in [6, 6.07) is -0.597. The fraction of sp³-hybridized carbons (Fsp3) is 0.833. The number of hydrogen-bond acceptors (Lipinski definition) is 4. The third kappa shape index (κ3) is 4.30. The molecule has 0 spiro atoms. The van der Waals surface area contributed by atoms with Crippen LogP contribution in [0.1, 0.15) is 51.4 Å². The molecule has 0 aromatic carbocycles. The Balaban J connectivity index is 1.52. The average Bonchev–Trinajstić information content (AvgIpc) is 3.02. The smallest absolute Gasteiger partial charge is 0.326 e. The highest BCUT2D eigenvalue weighted by molar-refractivity contribution is 8.00. The highest BCUT2D eigenvalue weighted by atomic mass is 32.2. The molecular formula is C18H28N2O4S. The number of aliphatic carboxylic acids is 1. The van der Waals surface area contributed by atoms with Crippen molar-refractivity contribution in [3.05, 3.63) is 0 Å². The normalized spacial score (nSPS) is 29.4. The molecule has 0 aromatic rings. The number of hydrogen-bond donors (Lipinski definition) is 1. The minimum Gasteiger partial charge on any atom is -0.480 e. The van der Waals surface area contributed by atoms with E-state index in [1.165, 1.54) is 18.2 Å². The molecule has 1 N–H and O–H groups in total. The van der Waals surface area contributed by atoms with Crippen molar-refractivity contribution in [2.45, 2.75) is 63.5 Å². The van der Waals surface area contributed by atoms with E-state index in [0.29, 0.717) is 18.1 Å². The van der Waals surface area contributed by atoms with E-state index in [1.807, 2.05) is 4.90 Å². The average molecular weight is 368 g/mol. The lowest BCUT2D eigenvalue weighted by molar-refractivity contribution is -0.148. The molecule has 140 valence electrons. The molecule has 3 atom stereocenters. The maximum Gasteiger partial charge on any atom is 0.326 e. The van der Waals surface area contributed by atoms with Crippen LogP contribution in [0.2, 0.25) is 0 Å². The van der Waals surface area contributed by atoms with Gasteiger partial charge in [0.05, 0.1) is 11.5 Å². The largest absolute Gasteiger partial charge is 0.480 e. The molecule has 2 heterocycles. The van der Waals surface area contributed by atoms with Crippen LogP contribution in [0.4, 0.5) is 0 Å². The third-order valence-electron chi connectivity index (χ3n) is 5.82. The number of thioether (sulfide) groups is 1. The van der Waals surface area contributed by atoms with E-state index in [0.717, 1.165) is 51.6 Å². The molecule has 3 unspecified atom stereocenters. The molecular weight excluding hydrogens is 340 g/mol. The number of likely N-dealkylation sites (tertiary alicyclic amines) is 2. The molecule has 2 saturated heterocycles. The number of carbonyl (C=O) groups is 3. The number of piperidine rings is 1. The van der Waals surface area contributed by atoms with Crippen LogP contribution in [0, 0.1) is 5.92 Å². The Labute approximate surface area is 153 Å². The molecule has 2 aliphatic heterocycles. The second-order valence-corrected chi connectivity index (χ2v) is 8.42. The highest BCUT2D eigenvalue weighted by Crippen LogP contribution is 2.40. The van der Waals surface area contributed by atoms with Gasteiger partial charge in [0.1, 0.15) is 6.04 Å². The van der Waals surface area contributed by atoms with Crippen LogP contribution in [-0.2, 0) is 14.4 Å². The van der Waals surface area contributed by atoms with Crippen molar-refractivity contribution in [2.24, 2.45) is 5.92 Å². The van der Waals surface area contributed by atoms with Gasteiger partial charge in [0.2, 0.25) is 11.8 Å². The topological polar surface area (TPSA) is 77.9 Å². The van der Waals surface area contributed by atoms with Crippen LogP contribution in [0.15, 0.2) is 0 Å². The molecule has 0 radical (unpaired) electrons. The number of fused-ring (bicyclic) bond motifs is 1. The second-order valence-electron chi connectivity index (χ2n) is 7.44. The quantitative estimate of drug-likeness (QED) is 0.803. The Morgan fingerprint density at radius 2 is 1.60 bits per heavy atom. The molecule has 0 aromatic heterocycles. The third-order valence-corrected chi connectivity index (χ3v) is 6.72. The van der Waals surface area contributed by atoms with E-state index in [1.54, 1.807) is 4.90 Å². The molecule has 7 heteroatoms.